The van der Waals surface area contributed by atoms with E-state index in [-0.39, 0.29) is 12.5 Å². The van der Waals surface area contributed by atoms with Gasteiger partial charge < -0.3 is 15.4 Å². The maximum atomic E-state index is 12.0. The Kier molecular flexibility index (Phi) is 4.11. The number of anilines is 1. The van der Waals surface area contributed by atoms with E-state index in [2.05, 4.69) is 20.8 Å². The van der Waals surface area contributed by atoms with Crippen molar-refractivity contribution >= 4 is 11.7 Å². The number of carbonyl (C=O) groups excluding carboxylic acids is 1. The van der Waals surface area contributed by atoms with Gasteiger partial charge in [-0.15, -0.1) is 0 Å². The van der Waals surface area contributed by atoms with Crippen LogP contribution in [0.3, 0.4) is 0 Å². The first kappa shape index (κ1) is 14.6. The molecule has 6 heteroatoms. The number of amides is 1. The topological polar surface area (TPSA) is 79.0 Å². The Morgan fingerprint density at radius 3 is 3.05 bits per heavy atom. The van der Waals surface area contributed by atoms with Gasteiger partial charge in [-0.1, -0.05) is 6.07 Å². The quantitative estimate of drug-likeness (QED) is 0.803. The SMILES string of the molecule is Cc1ccc(OCC(=O)Nc2n[nH]c3c2CNCC3)cc1C. The fourth-order valence-electron chi connectivity index (χ4n) is 2.45. The third kappa shape index (κ3) is 3.12. The Morgan fingerprint density at radius 1 is 1.36 bits per heavy atom. The van der Waals surface area contributed by atoms with Crippen molar-refractivity contribution in [3.63, 3.8) is 0 Å². The molecule has 0 bridgehead atoms. The van der Waals surface area contributed by atoms with Crippen LogP contribution in [0.5, 0.6) is 5.75 Å². The number of rotatable bonds is 4. The van der Waals surface area contributed by atoms with E-state index in [0.717, 1.165) is 36.3 Å². The second-order valence-corrected chi connectivity index (χ2v) is 5.54. The second-order valence-electron chi connectivity index (χ2n) is 5.54. The van der Waals surface area contributed by atoms with E-state index in [1.165, 1.54) is 5.56 Å². The molecule has 6 nitrogen and oxygen atoms in total. The van der Waals surface area contributed by atoms with Gasteiger partial charge in [-0.05, 0) is 37.1 Å². The minimum Gasteiger partial charge on any atom is -0.484 e. The Labute approximate surface area is 129 Å². The lowest BCUT2D eigenvalue weighted by molar-refractivity contribution is -0.118. The van der Waals surface area contributed by atoms with E-state index < -0.39 is 0 Å². The van der Waals surface area contributed by atoms with E-state index in [4.69, 9.17) is 4.74 Å². The first-order chi connectivity index (χ1) is 10.6. The van der Waals surface area contributed by atoms with Crippen molar-refractivity contribution in [2.45, 2.75) is 26.8 Å². The van der Waals surface area contributed by atoms with Crippen molar-refractivity contribution < 1.29 is 9.53 Å². The normalized spacial score (nSPS) is 13.5. The number of hydrogen-bond donors (Lipinski definition) is 3. The van der Waals surface area contributed by atoms with Crippen molar-refractivity contribution in [2.24, 2.45) is 0 Å². The van der Waals surface area contributed by atoms with Crippen LogP contribution in [0.15, 0.2) is 18.2 Å². The fourth-order valence-corrected chi connectivity index (χ4v) is 2.45. The molecule has 1 aliphatic heterocycles. The molecule has 0 aliphatic carbocycles. The molecular weight excluding hydrogens is 280 g/mol. The summed E-state index contributed by atoms with van der Waals surface area (Å²) in [6.07, 6.45) is 0.900. The summed E-state index contributed by atoms with van der Waals surface area (Å²) >= 11 is 0. The molecule has 1 amide bonds. The number of carbonyl (C=O) groups is 1. The highest BCUT2D eigenvalue weighted by Crippen LogP contribution is 2.20. The van der Waals surface area contributed by atoms with Crippen molar-refractivity contribution in [1.82, 2.24) is 15.5 Å². The average Bonchev–Trinajstić information content (AvgIpc) is 2.92. The fraction of sp³-hybridized carbons (Fsp3) is 0.375. The first-order valence-corrected chi connectivity index (χ1v) is 7.40. The molecule has 0 fully saturated rings. The number of nitrogens with one attached hydrogen (secondary N) is 3. The number of fused-ring (bicyclic) bond motifs is 1. The van der Waals surface area contributed by atoms with Crippen LogP contribution in [0.4, 0.5) is 5.82 Å². The van der Waals surface area contributed by atoms with Gasteiger partial charge in [0.05, 0.1) is 0 Å². The van der Waals surface area contributed by atoms with Crippen LogP contribution in [0.1, 0.15) is 22.4 Å². The number of H-pyrrole nitrogens is 1. The molecule has 1 aliphatic rings. The van der Waals surface area contributed by atoms with Gasteiger partial charge in [0.15, 0.2) is 12.4 Å². The highest BCUT2D eigenvalue weighted by molar-refractivity contribution is 5.91. The van der Waals surface area contributed by atoms with Gasteiger partial charge in [0.25, 0.3) is 5.91 Å². The number of hydrogen-bond acceptors (Lipinski definition) is 4. The molecule has 0 saturated carbocycles. The lowest BCUT2D eigenvalue weighted by Crippen LogP contribution is -2.25. The van der Waals surface area contributed by atoms with Crippen LogP contribution >= 0.6 is 0 Å². The minimum absolute atomic E-state index is 0.0302. The van der Waals surface area contributed by atoms with Crippen molar-refractivity contribution in [3.05, 3.63) is 40.6 Å². The van der Waals surface area contributed by atoms with Gasteiger partial charge >= 0.3 is 0 Å². The summed E-state index contributed by atoms with van der Waals surface area (Å²) in [6.45, 7) is 5.68. The molecule has 0 radical (unpaired) electrons. The molecule has 116 valence electrons. The monoisotopic (exact) mass is 300 g/mol. The minimum atomic E-state index is -0.210. The Bertz CT molecular complexity index is 693. The number of nitrogens with zero attached hydrogens (tertiary/aromatic N) is 1. The van der Waals surface area contributed by atoms with Crippen LogP contribution in [0.2, 0.25) is 0 Å². The summed E-state index contributed by atoms with van der Waals surface area (Å²) in [6, 6.07) is 5.79. The zero-order valence-electron chi connectivity index (χ0n) is 12.8. The standard InChI is InChI=1S/C16H20N4O2/c1-10-3-4-12(7-11(10)2)22-9-15(21)18-16-13-8-17-6-5-14(13)19-20-16/h3-4,7,17H,5-6,8-9H2,1-2H3,(H2,18,19,20,21). The average molecular weight is 300 g/mol. The summed E-state index contributed by atoms with van der Waals surface area (Å²) in [5.74, 6) is 1.08. The number of aromatic amines is 1. The molecule has 3 N–H and O–H groups in total. The molecule has 1 aromatic carbocycles. The Morgan fingerprint density at radius 2 is 2.23 bits per heavy atom. The summed E-state index contributed by atoms with van der Waals surface area (Å²) < 4.78 is 5.53. The number of ether oxygens (including phenoxy) is 1. The van der Waals surface area contributed by atoms with Crippen molar-refractivity contribution in [3.8, 4) is 5.75 Å². The van der Waals surface area contributed by atoms with Gasteiger partial charge in [-0.3, -0.25) is 9.89 Å². The summed E-state index contributed by atoms with van der Waals surface area (Å²) in [7, 11) is 0. The highest BCUT2D eigenvalue weighted by Gasteiger charge is 2.18. The maximum Gasteiger partial charge on any atom is 0.263 e. The summed E-state index contributed by atoms with van der Waals surface area (Å²) in [5, 5.41) is 13.2. The van der Waals surface area contributed by atoms with Crippen LogP contribution in [0, 0.1) is 13.8 Å². The van der Waals surface area contributed by atoms with E-state index >= 15 is 0 Å². The van der Waals surface area contributed by atoms with E-state index in [1.54, 1.807) is 0 Å². The van der Waals surface area contributed by atoms with Crippen LogP contribution < -0.4 is 15.4 Å². The first-order valence-electron chi connectivity index (χ1n) is 7.40. The van der Waals surface area contributed by atoms with E-state index in [1.807, 2.05) is 32.0 Å². The summed E-state index contributed by atoms with van der Waals surface area (Å²) in [4.78, 5) is 12.0. The third-order valence-electron chi connectivity index (χ3n) is 3.91. The number of benzene rings is 1. The van der Waals surface area contributed by atoms with Crippen LogP contribution in [0.25, 0.3) is 0 Å². The molecule has 0 atom stereocenters. The maximum absolute atomic E-state index is 12.0. The van der Waals surface area contributed by atoms with Crippen molar-refractivity contribution in [1.29, 1.82) is 0 Å². The van der Waals surface area contributed by atoms with E-state index in [9.17, 15) is 4.79 Å². The molecule has 0 unspecified atom stereocenters. The third-order valence-corrected chi connectivity index (χ3v) is 3.91. The summed E-state index contributed by atoms with van der Waals surface area (Å²) in [5.41, 5.74) is 4.47. The molecule has 22 heavy (non-hydrogen) atoms. The zero-order chi connectivity index (χ0) is 15.5. The van der Waals surface area contributed by atoms with Gasteiger partial charge in [-0.2, -0.15) is 5.10 Å². The van der Waals surface area contributed by atoms with Gasteiger partial charge in [0.2, 0.25) is 0 Å². The number of aryl methyl sites for hydroxylation is 2. The largest absolute Gasteiger partial charge is 0.484 e. The molecule has 3 rings (SSSR count). The molecule has 0 spiro atoms. The lowest BCUT2D eigenvalue weighted by atomic mass is 10.1. The van der Waals surface area contributed by atoms with Crippen molar-refractivity contribution in [2.75, 3.05) is 18.5 Å². The molecule has 0 saturated heterocycles. The van der Waals surface area contributed by atoms with Gasteiger partial charge in [0, 0.05) is 30.8 Å². The Hall–Kier alpha value is -2.34. The molecule has 2 heterocycles. The molecule has 2 aromatic rings. The van der Waals surface area contributed by atoms with Crippen LogP contribution in [-0.2, 0) is 17.8 Å². The highest BCUT2D eigenvalue weighted by atomic mass is 16.5. The molecular formula is C16H20N4O2. The van der Waals surface area contributed by atoms with Crippen LogP contribution in [-0.4, -0.2) is 29.3 Å². The lowest BCUT2D eigenvalue weighted by Gasteiger charge is -2.13. The number of aromatic nitrogens is 2. The second kappa shape index (κ2) is 6.19. The predicted octanol–water partition coefficient (Wildman–Crippen LogP) is 1.69. The zero-order valence-corrected chi connectivity index (χ0v) is 12.8. The smallest absolute Gasteiger partial charge is 0.263 e. The Balaban J connectivity index is 1.58. The van der Waals surface area contributed by atoms with Gasteiger partial charge in [0.1, 0.15) is 5.75 Å². The molecule has 1 aromatic heterocycles. The predicted molar refractivity (Wildman–Crippen MR) is 84.0 cm³/mol. The van der Waals surface area contributed by atoms with Gasteiger partial charge in [-0.25, -0.2) is 0 Å². The van der Waals surface area contributed by atoms with E-state index in [0.29, 0.717) is 11.6 Å².